The van der Waals surface area contributed by atoms with Crippen LogP contribution in [0.5, 0.6) is 0 Å². The maximum absolute atomic E-state index is 13.8. The van der Waals surface area contributed by atoms with Crippen LogP contribution >= 0.6 is 103 Å². The fourth-order valence-electron chi connectivity index (χ4n) is 16.4. The van der Waals surface area contributed by atoms with E-state index in [0.717, 1.165) is 65.3 Å². The number of rotatable bonds is 52. The number of aliphatic hydroxyl groups excluding tert-OH is 1. The second kappa shape index (κ2) is 59.7. The average Bonchev–Trinajstić information content (AvgIpc) is 1.67. The third-order valence-electron chi connectivity index (χ3n) is 29.6. The van der Waals surface area contributed by atoms with Crippen molar-refractivity contribution in [1.82, 2.24) is 9.97 Å². The minimum Gasteiger partial charge on any atom is -0.481 e. The minimum absolute atomic E-state index is 0.0323. The Kier molecular flexibility index (Phi) is 56.8. The average molecular weight is 2310 g/mol. The standard InChI is InChI=1S/C35H55BINO5S.C29H44INO4S.C23H41BO6.C22H35Cl3O7/c1-22(15-14-18-36-42-34(10,11)35(12,13)43-36)26(5)27(6)32(40)33(8,9)24(3)20-31(39)41-30(17-16-25(4)37)23(2)19-29-21-44-28(7)38-29;1-18(11-10-14-32)22(5)23(6)28(34)29(8,9)20(3)16-27(33)35-26(13-12-21(4)30)19(2)15-25-17-36-24(7)31-25;1-15(12-11-13-24-29-22(6,7)23(8,9)30-24)16(2)17(3)20(27)21(4,5)18(28-10)14-19(25)26;1-9-10-13(2)17(31-19(29)30-12-22(23,24)25)14(3)18(28)21(7,8)15(26)11-16(27)32-20(4,5)6/h14,16,18-19,21-22,24,26-27,30H,15,17,20H2,1-13H3;12,14-15,17-18,20,22-23,26H,10-11,13,16H2,1-9H3;11,13,15-18H,12,14H2,1-10H3,(H,25,26);9,13-15,17,26H,1,10-12H2,2-8H3/b18-14+,23-19+,25-16-;19-15+,21-12-;13-11+;/t22-,24-,26-,27+,30-;18-,20-,22-,23+,26-;15-,16-,17+,18-;13-,14+,15-,17-/m0000/s1. The second-order valence-corrected chi connectivity index (χ2v) is 52.8. The first-order valence-electron chi connectivity index (χ1n) is 49.8. The Morgan fingerprint density at radius 1 is 0.507 bits per heavy atom. The van der Waals surface area contributed by atoms with E-state index in [-0.39, 0.29) is 175 Å². The molecule has 4 rings (SSSR count). The Labute approximate surface area is 904 Å². The van der Waals surface area contributed by atoms with Crippen LogP contribution in [0.25, 0.3) is 12.2 Å². The number of nitrogens with zero attached hydrogens (tertiary/aromatic N) is 2. The van der Waals surface area contributed by atoms with Crippen molar-refractivity contribution < 1.29 is 105 Å². The van der Waals surface area contributed by atoms with Crippen LogP contribution in [0.3, 0.4) is 0 Å². The molecular weight excluding hydrogens is 2140 g/mol. The summed E-state index contributed by atoms with van der Waals surface area (Å²) in [5.41, 5.74) is -2.07. The van der Waals surface area contributed by atoms with Gasteiger partial charge < -0.3 is 62.0 Å². The van der Waals surface area contributed by atoms with Gasteiger partial charge in [-0.25, -0.2) is 14.8 Å². The van der Waals surface area contributed by atoms with E-state index in [4.69, 9.17) is 86.9 Å². The van der Waals surface area contributed by atoms with Gasteiger partial charge in [-0.15, -0.1) is 29.3 Å². The number of allylic oxidation sites excluding steroid dienone is 5. The van der Waals surface area contributed by atoms with Gasteiger partial charge in [0.1, 0.15) is 59.9 Å². The number of hydrogen-bond acceptors (Lipinski definition) is 25. The number of esters is 3. The predicted octanol–water partition coefficient (Wildman–Crippen LogP) is 27.6. The highest BCUT2D eigenvalue weighted by atomic mass is 127. The van der Waals surface area contributed by atoms with Crippen LogP contribution in [0.15, 0.2) is 78.0 Å². The van der Waals surface area contributed by atoms with Crippen molar-refractivity contribution in [2.24, 2.45) is 98.6 Å². The van der Waals surface area contributed by atoms with Crippen molar-refractivity contribution in [2.45, 2.75) is 396 Å². The topological polar surface area (TPSA) is 329 Å². The van der Waals surface area contributed by atoms with Crippen molar-refractivity contribution in [2.75, 3.05) is 13.7 Å². The molecule has 2 aromatic heterocycles. The van der Waals surface area contributed by atoms with Gasteiger partial charge in [0.05, 0.1) is 85.6 Å². The van der Waals surface area contributed by atoms with E-state index in [1.165, 1.54) is 21.0 Å². The maximum atomic E-state index is 13.8. The summed E-state index contributed by atoms with van der Waals surface area (Å²) in [4.78, 5) is 135. The molecule has 0 radical (unpaired) electrons. The highest BCUT2D eigenvalue weighted by molar-refractivity contribution is 14.1. The van der Waals surface area contributed by atoms with Gasteiger partial charge in [0.2, 0.25) is 3.79 Å². The van der Waals surface area contributed by atoms with Crippen molar-refractivity contribution in [3.8, 4) is 0 Å². The molecule has 0 amide bonds. The van der Waals surface area contributed by atoms with Gasteiger partial charge in [-0.1, -0.05) is 223 Å². The third-order valence-corrected chi connectivity index (χ3v) is 32.4. The molecule has 0 aromatic carbocycles. The first-order chi connectivity index (χ1) is 64.7. The lowest BCUT2D eigenvalue weighted by Crippen LogP contribution is -2.47. The van der Waals surface area contributed by atoms with Crippen molar-refractivity contribution in [3.05, 3.63) is 99.4 Å². The number of aldehydes is 1. The lowest BCUT2D eigenvalue weighted by Gasteiger charge is -2.36. The maximum Gasteiger partial charge on any atom is 0.508 e. The summed E-state index contributed by atoms with van der Waals surface area (Å²) in [5.74, 6) is 0.994. The SMILES string of the molecule is C/C(I)=C/C[C@H](OC(=O)C[C@H](C)C(C)(C)C(=O)[C@H](C)[C@@H](C)[C@@H](C)C/C=C/B1OC(C)(C)C(C)(C)O1)/C(C)=C/c1csc(C)n1.C/C(I)=C/C[C@H](OC(=O)C[C@H](C)C(C)(C)C(=O)[C@H](C)[C@@H](C)[C@@H](C)CCC=O)/C(C)=C/c1csc(C)n1.C=CC[C@H](C)[C@H](OC(=O)OCC(Cl)(Cl)Cl)[C@@H](C)C(=O)C(C)(C)[C@@H](O)CC(=O)OC(C)(C)C.CO[C@@H](CC(=O)O)C(C)(C)C(=O)[C@H](C)[C@@H](C)[C@@H](C)C/C=C/B1OC(C)(C)C(C)(C)O1. The molecule has 0 unspecified atom stereocenters. The number of aliphatic hydroxyl groups is 1. The van der Waals surface area contributed by atoms with Crippen LogP contribution in [0.2, 0.25) is 0 Å². The van der Waals surface area contributed by atoms with Gasteiger partial charge in [0, 0.05) is 78.6 Å². The lowest BCUT2D eigenvalue weighted by molar-refractivity contribution is -0.161. The highest BCUT2D eigenvalue weighted by Crippen LogP contribution is 2.44. The molecule has 0 aliphatic carbocycles. The van der Waals surface area contributed by atoms with Crippen LogP contribution in [0, 0.1) is 112 Å². The smallest absolute Gasteiger partial charge is 0.481 e. The van der Waals surface area contributed by atoms with Gasteiger partial charge in [-0.05, 0) is 272 Å². The number of aromatic nitrogens is 2. The zero-order valence-corrected chi connectivity index (χ0v) is 101. The number of hydrogen-bond donors (Lipinski definition) is 2. The van der Waals surface area contributed by atoms with Gasteiger partial charge in [-0.2, -0.15) is 0 Å². The number of methoxy groups -OCH3 is 1. The lowest BCUT2D eigenvalue weighted by atomic mass is 9.67. The summed E-state index contributed by atoms with van der Waals surface area (Å²) >= 11 is 24.5. The highest BCUT2D eigenvalue weighted by Gasteiger charge is 2.53. The second-order valence-electron chi connectivity index (χ2n) is 44.8. The van der Waals surface area contributed by atoms with Crippen molar-refractivity contribution in [1.29, 1.82) is 0 Å². The molecule has 2 saturated heterocycles. The number of halogens is 5. The summed E-state index contributed by atoms with van der Waals surface area (Å²) in [7, 11) is 0.729. The number of aryl methyl sites for hydroxylation is 2. The molecule has 142 heavy (non-hydrogen) atoms. The number of Topliss-reactive ketones (excluding diaryl/α,β-unsaturated/α-hetero) is 4. The van der Waals surface area contributed by atoms with Gasteiger partial charge in [0.25, 0.3) is 0 Å². The summed E-state index contributed by atoms with van der Waals surface area (Å²) < 4.78 is 57.3. The molecule has 2 N–H and O–H groups in total. The number of aliphatic carboxylic acids is 1. The molecule has 4 heterocycles. The fraction of sp³-hybridized carbons (Fsp3) is 0.725. The summed E-state index contributed by atoms with van der Waals surface area (Å²) in [6.45, 7) is 76.8. The van der Waals surface area contributed by atoms with E-state index < -0.39 is 85.8 Å². The molecule has 0 spiro atoms. The predicted molar refractivity (Wildman–Crippen MR) is 595 cm³/mol. The zero-order chi connectivity index (χ0) is 110. The molecule has 18 atom stereocenters. The van der Waals surface area contributed by atoms with E-state index in [9.17, 15) is 53.1 Å². The van der Waals surface area contributed by atoms with Crippen LogP contribution in [0.4, 0.5) is 4.79 Å². The molecule has 806 valence electrons. The molecular formula is C109H175B2Cl3I2N2O22S2. The van der Waals surface area contributed by atoms with Crippen molar-refractivity contribution in [3.63, 3.8) is 0 Å². The zero-order valence-electron chi connectivity index (χ0n) is 92.8. The Morgan fingerprint density at radius 2 is 0.866 bits per heavy atom. The number of carbonyl (C=O) groups is 10. The molecule has 2 aliphatic rings. The number of carboxylic acids is 1. The molecule has 2 fully saturated rings. The Balaban J connectivity index is 0.000000957. The fourth-order valence-corrected chi connectivity index (χ4v) is 18.2. The summed E-state index contributed by atoms with van der Waals surface area (Å²) in [5, 5.41) is 25.7. The van der Waals surface area contributed by atoms with E-state index in [1.807, 2.05) is 194 Å². The molecule has 2 aromatic rings. The van der Waals surface area contributed by atoms with Crippen LogP contribution < -0.4 is 0 Å². The minimum atomic E-state index is -1.81. The molecule has 2 aliphatic heterocycles. The van der Waals surface area contributed by atoms with Crippen LogP contribution in [-0.2, 0) is 90.2 Å². The number of ketones is 4. The van der Waals surface area contributed by atoms with Crippen LogP contribution in [-0.4, -0.2) is 170 Å². The number of ether oxygens (including phenoxy) is 6. The first kappa shape index (κ1) is 135. The Hall–Kier alpha value is -4.84. The molecule has 0 bridgehead atoms. The molecule has 0 saturated carbocycles. The monoisotopic (exact) mass is 2310 g/mol. The number of thiazole rings is 2. The van der Waals surface area contributed by atoms with Gasteiger partial charge >= 0.3 is 44.3 Å². The summed E-state index contributed by atoms with van der Waals surface area (Å²) in [6.07, 6.45) is 14.5. The first-order valence-corrected chi connectivity index (χ1v) is 54.9. The summed E-state index contributed by atoms with van der Waals surface area (Å²) in [6, 6.07) is 0. The van der Waals surface area contributed by atoms with Gasteiger partial charge in [-0.3, -0.25) is 38.4 Å². The number of carbonyl (C=O) groups excluding carboxylic acids is 9. The number of alkyl halides is 3. The van der Waals surface area contributed by atoms with Crippen LogP contribution in [0.1, 0.15) is 341 Å². The molecule has 24 nitrogen and oxygen atoms in total. The molecule has 33 heteroatoms. The third kappa shape index (κ3) is 44.7. The van der Waals surface area contributed by atoms with Gasteiger partial charge in [0.15, 0.2) is 0 Å². The Bertz CT molecular complexity index is 4570. The van der Waals surface area contributed by atoms with E-state index in [1.54, 1.807) is 77.2 Å². The Morgan fingerprint density at radius 3 is 1.18 bits per heavy atom. The van der Waals surface area contributed by atoms with Crippen molar-refractivity contribution >= 4 is 188 Å². The largest absolute Gasteiger partial charge is 0.508 e. The normalized spacial score (nSPS) is 19.3. The number of carboxylic acid groups (broad SMARTS) is 1. The quantitative estimate of drug-likeness (QED) is 0.0118. The van der Waals surface area contributed by atoms with E-state index in [0.29, 0.717) is 25.7 Å². The van der Waals surface area contributed by atoms with E-state index in [2.05, 4.69) is 128 Å². The van der Waals surface area contributed by atoms with E-state index >= 15 is 0 Å².